The lowest BCUT2D eigenvalue weighted by Crippen LogP contribution is -2.34. The van der Waals surface area contributed by atoms with Crippen LogP contribution in [0.3, 0.4) is 0 Å². The highest BCUT2D eigenvalue weighted by Gasteiger charge is 2.25. The second kappa shape index (κ2) is 7.48. The Labute approximate surface area is 115 Å². The molecule has 0 aliphatic carbocycles. The lowest BCUT2D eigenvalue weighted by Gasteiger charge is -2.21. The Bertz CT molecular complexity index is 377. The molecule has 2 rings (SSSR count). The molecule has 0 radical (unpaired) electrons. The fourth-order valence-electron chi connectivity index (χ4n) is 2.49. The van der Waals surface area contributed by atoms with E-state index in [1.807, 2.05) is 18.2 Å². The van der Waals surface area contributed by atoms with Crippen LogP contribution in [0.25, 0.3) is 0 Å². The van der Waals surface area contributed by atoms with E-state index in [1.54, 1.807) is 14.2 Å². The quantitative estimate of drug-likeness (QED) is 0.816. The van der Waals surface area contributed by atoms with Crippen LogP contribution < -0.4 is 10.1 Å². The largest absolute Gasteiger partial charge is 0.496 e. The fourth-order valence-corrected chi connectivity index (χ4v) is 2.49. The number of methoxy groups -OCH3 is 2. The summed E-state index contributed by atoms with van der Waals surface area (Å²) in [4.78, 5) is 0. The van der Waals surface area contributed by atoms with Gasteiger partial charge in [-0.25, -0.2) is 0 Å². The van der Waals surface area contributed by atoms with Crippen molar-refractivity contribution in [2.24, 2.45) is 5.92 Å². The Hall–Kier alpha value is -1.10. The van der Waals surface area contributed by atoms with Gasteiger partial charge in [0.1, 0.15) is 5.75 Å². The van der Waals surface area contributed by atoms with Crippen LogP contribution in [0.15, 0.2) is 24.3 Å². The van der Waals surface area contributed by atoms with Crippen LogP contribution in [0.4, 0.5) is 0 Å². The third-order valence-electron chi connectivity index (χ3n) is 3.65. The van der Waals surface area contributed by atoms with Gasteiger partial charge >= 0.3 is 0 Å². The minimum atomic E-state index is 0.220. The van der Waals surface area contributed by atoms with Crippen molar-refractivity contribution in [3.8, 4) is 5.75 Å². The van der Waals surface area contributed by atoms with Gasteiger partial charge in [0, 0.05) is 38.3 Å². The molecule has 1 aromatic rings. The van der Waals surface area contributed by atoms with Gasteiger partial charge in [0.2, 0.25) is 0 Å². The van der Waals surface area contributed by atoms with E-state index in [-0.39, 0.29) is 6.10 Å². The Morgan fingerprint density at radius 3 is 2.89 bits per heavy atom. The number of benzene rings is 1. The van der Waals surface area contributed by atoms with Gasteiger partial charge in [0.25, 0.3) is 0 Å². The van der Waals surface area contributed by atoms with E-state index in [4.69, 9.17) is 14.2 Å². The number of hydrogen-bond donors (Lipinski definition) is 1. The van der Waals surface area contributed by atoms with Crippen LogP contribution in [0.1, 0.15) is 12.0 Å². The molecule has 1 heterocycles. The van der Waals surface area contributed by atoms with E-state index in [9.17, 15) is 0 Å². The van der Waals surface area contributed by atoms with E-state index in [0.717, 1.165) is 38.5 Å². The molecule has 1 aliphatic heterocycles. The molecule has 0 amide bonds. The van der Waals surface area contributed by atoms with Crippen molar-refractivity contribution in [3.05, 3.63) is 29.8 Å². The number of para-hydroxylation sites is 1. The van der Waals surface area contributed by atoms with Crippen molar-refractivity contribution in [3.63, 3.8) is 0 Å². The van der Waals surface area contributed by atoms with Crippen molar-refractivity contribution in [2.75, 3.05) is 34.0 Å². The van der Waals surface area contributed by atoms with Gasteiger partial charge < -0.3 is 19.5 Å². The molecule has 2 unspecified atom stereocenters. The van der Waals surface area contributed by atoms with Crippen LogP contribution in [0.5, 0.6) is 5.75 Å². The Kier molecular flexibility index (Phi) is 5.63. The first-order valence-electron chi connectivity index (χ1n) is 6.78. The first-order chi connectivity index (χ1) is 9.35. The van der Waals surface area contributed by atoms with Crippen molar-refractivity contribution in [2.45, 2.75) is 19.1 Å². The predicted octanol–water partition coefficient (Wildman–Crippen LogP) is 1.84. The zero-order valence-electron chi connectivity index (χ0n) is 11.7. The van der Waals surface area contributed by atoms with E-state index in [0.29, 0.717) is 5.92 Å². The zero-order valence-corrected chi connectivity index (χ0v) is 11.7. The monoisotopic (exact) mass is 265 g/mol. The topological polar surface area (TPSA) is 39.7 Å². The summed E-state index contributed by atoms with van der Waals surface area (Å²) in [6.07, 6.45) is 1.31. The van der Waals surface area contributed by atoms with Crippen LogP contribution in [0, 0.1) is 5.92 Å². The summed E-state index contributed by atoms with van der Waals surface area (Å²) in [6, 6.07) is 8.07. The molecule has 0 aromatic heterocycles. The molecule has 1 aliphatic rings. The van der Waals surface area contributed by atoms with Gasteiger partial charge in [-0.2, -0.15) is 0 Å². The number of nitrogens with one attached hydrogen (secondary N) is 1. The predicted molar refractivity (Wildman–Crippen MR) is 74.4 cm³/mol. The first kappa shape index (κ1) is 14.3. The molecule has 4 nitrogen and oxygen atoms in total. The molecule has 0 spiro atoms. The second-order valence-corrected chi connectivity index (χ2v) is 4.84. The number of ether oxygens (including phenoxy) is 3. The number of hydrogen-bond acceptors (Lipinski definition) is 4. The highest BCUT2D eigenvalue weighted by molar-refractivity contribution is 5.32. The molecule has 19 heavy (non-hydrogen) atoms. The molecule has 1 saturated heterocycles. The molecule has 1 aromatic carbocycles. The van der Waals surface area contributed by atoms with E-state index in [1.165, 1.54) is 5.56 Å². The van der Waals surface area contributed by atoms with Gasteiger partial charge in [-0.15, -0.1) is 0 Å². The molecule has 4 heteroatoms. The Morgan fingerprint density at radius 1 is 1.37 bits per heavy atom. The van der Waals surface area contributed by atoms with E-state index in [2.05, 4.69) is 11.4 Å². The molecule has 1 N–H and O–H groups in total. The van der Waals surface area contributed by atoms with Gasteiger partial charge in [0.15, 0.2) is 0 Å². The second-order valence-electron chi connectivity index (χ2n) is 4.84. The van der Waals surface area contributed by atoms with Crippen LogP contribution in [-0.4, -0.2) is 40.1 Å². The molecule has 106 valence electrons. The minimum absolute atomic E-state index is 0.220. The molecule has 1 fully saturated rings. The highest BCUT2D eigenvalue weighted by atomic mass is 16.5. The molecule has 0 bridgehead atoms. The van der Waals surface area contributed by atoms with Crippen LogP contribution >= 0.6 is 0 Å². The molecule has 0 saturated carbocycles. The normalized spacial score (nSPS) is 20.4. The third-order valence-corrected chi connectivity index (χ3v) is 3.65. The third kappa shape index (κ3) is 3.93. The lowest BCUT2D eigenvalue weighted by molar-refractivity contribution is 0.0452. The summed E-state index contributed by atoms with van der Waals surface area (Å²) in [5.41, 5.74) is 1.17. The minimum Gasteiger partial charge on any atom is -0.496 e. The molecular weight excluding hydrogens is 242 g/mol. The Morgan fingerprint density at radius 2 is 2.21 bits per heavy atom. The van der Waals surface area contributed by atoms with Crippen LogP contribution in [0.2, 0.25) is 0 Å². The summed E-state index contributed by atoms with van der Waals surface area (Å²) in [5, 5.41) is 3.44. The average molecular weight is 265 g/mol. The standard InChI is InChI=1S/C15H23NO3/c1-17-14-6-4-3-5-12(14)9-16-10-15(18-2)13-7-8-19-11-13/h3-6,13,15-16H,7-11H2,1-2H3. The van der Waals surface area contributed by atoms with Crippen molar-refractivity contribution in [1.29, 1.82) is 0 Å². The van der Waals surface area contributed by atoms with Gasteiger partial charge in [-0.3, -0.25) is 0 Å². The van der Waals surface area contributed by atoms with E-state index >= 15 is 0 Å². The average Bonchev–Trinajstić information content (AvgIpc) is 2.98. The molecule has 2 atom stereocenters. The summed E-state index contributed by atoms with van der Waals surface area (Å²) < 4.78 is 16.3. The van der Waals surface area contributed by atoms with Gasteiger partial charge in [-0.1, -0.05) is 18.2 Å². The highest BCUT2D eigenvalue weighted by Crippen LogP contribution is 2.19. The van der Waals surface area contributed by atoms with Crippen LogP contribution in [-0.2, 0) is 16.0 Å². The zero-order chi connectivity index (χ0) is 13.5. The summed E-state index contributed by atoms with van der Waals surface area (Å²) >= 11 is 0. The SMILES string of the molecule is COc1ccccc1CNCC(OC)C1CCOC1. The van der Waals surface area contributed by atoms with Crippen molar-refractivity contribution in [1.82, 2.24) is 5.32 Å². The summed E-state index contributed by atoms with van der Waals surface area (Å²) in [5.74, 6) is 1.43. The summed E-state index contributed by atoms with van der Waals surface area (Å²) in [7, 11) is 3.47. The van der Waals surface area contributed by atoms with Gasteiger partial charge in [-0.05, 0) is 12.5 Å². The smallest absolute Gasteiger partial charge is 0.123 e. The molecular formula is C15H23NO3. The van der Waals surface area contributed by atoms with Crippen molar-refractivity contribution < 1.29 is 14.2 Å². The fraction of sp³-hybridized carbons (Fsp3) is 0.600. The van der Waals surface area contributed by atoms with Gasteiger partial charge in [0.05, 0.1) is 19.8 Å². The lowest BCUT2D eigenvalue weighted by atomic mass is 10.0. The van der Waals surface area contributed by atoms with E-state index < -0.39 is 0 Å². The Balaban J connectivity index is 1.81. The maximum atomic E-state index is 5.55. The van der Waals surface area contributed by atoms with Crippen molar-refractivity contribution >= 4 is 0 Å². The first-order valence-corrected chi connectivity index (χ1v) is 6.78. The summed E-state index contributed by atoms with van der Waals surface area (Å²) in [6.45, 7) is 3.30. The maximum Gasteiger partial charge on any atom is 0.123 e. The maximum absolute atomic E-state index is 5.55. The number of rotatable bonds is 7.